The maximum Gasteiger partial charge on any atom is 0.233 e. The van der Waals surface area contributed by atoms with Crippen LogP contribution in [0.3, 0.4) is 0 Å². The lowest BCUT2D eigenvalue weighted by Crippen LogP contribution is -2.39. The summed E-state index contributed by atoms with van der Waals surface area (Å²) in [4.78, 5) is 16.9. The Kier molecular flexibility index (Phi) is 5.65. The SMILES string of the molecule is CC(C)c1ccc([C@H]2SCC(=O)N2CCN2CCCCC2)cc1. The van der Waals surface area contributed by atoms with Crippen molar-refractivity contribution in [3.8, 4) is 0 Å². The predicted octanol–water partition coefficient (Wildman–Crippen LogP) is 3.87. The van der Waals surface area contributed by atoms with Crippen LogP contribution in [0.15, 0.2) is 24.3 Å². The van der Waals surface area contributed by atoms with Crippen molar-refractivity contribution in [3.05, 3.63) is 35.4 Å². The van der Waals surface area contributed by atoms with E-state index in [1.54, 1.807) is 11.8 Å². The zero-order chi connectivity index (χ0) is 16.2. The highest BCUT2D eigenvalue weighted by molar-refractivity contribution is 8.00. The molecule has 1 amide bonds. The quantitative estimate of drug-likeness (QED) is 0.818. The molecular weight excluding hydrogens is 304 g/mol. The number of hydrogen-bond donors (Lipinski definition) is 0. The summed E-state index contributed by atoms with van der Waals surface area (Å²) in [6, 6.07) is 8.84. The molecule has 0 radical (unpaired) electrons. The maximum atomic E-state index is 12.3. The molecular formula is C19H28N2OS. The summed E-state index contributed by atoms with van der Waals surface area (Å²) in [5.74, 6) is 1.47. The first-order valence-corrected chi connectivity index (χ1v) is 9.93. The predicted molar refractivity (Wildman–Crippen MR) is 97.7 cm³/mol. The molecule has 2 aliphatic rings. The van der Waals surface area contributed by atoms with Crippen LogP contribution in [0.1, 0.15) is 55.5 Å². The third-order valence-corrected chi connectivity index (χ3v) is 6.22. The van der Waals surface area contributed by atoms with Crippen LogP contribution < -0.4 is 0 Å². The van der Waals surface area contributed by atoms with Crippen LogP contribution >= 0.6 is 11.8 Å². The van der Waals surface area contributed by atoms with E-state index < -0.39 is 0 Å². The van der Waals surface area contributed by atoms with Crippen LogP contribution in [0.4, 0.5) is 0 Å². The normalized spacial score (nSPS) is 23.0. The van der Waals surface area contributed by atoms with Gasteiger partial charge in [0.05, 0.1) is 5.75 Å². The van der Waals surface area contributed by atoms with Crippen molar-refractivity contribution in [1.29, 1.82) is 0 Å². The lowest BCUT2D eigenvalue weighted by atomic mass is 10.0. The minimum absolute atomic E-state index is 0.202. The summed E-state index contributed by atoms with van der Waals surface area (Å²) < 4.78 is 0. The highest BCUT2D eigenvalue weighted by Crippen LogP contribution is 2.38. The molecule has 2 fully saturated rings. The van der Waals surface area contributed by atoms with E-state index in [2.05, 4.69) is 47.9 Å². The Morgan fingerprint density at radius 3 is 2.43 bits per heavy atom. The molecule has 2 aliphatic heterocycles. The number of amides is 1. The molecule has 3 rings (SSSR count). The van der Waals surface area contributed by atoms with Gasteiger partial charge in [0, 0.05) is 13.1 Å². The molecule has 0 unspecified atom stereocenters. The molecule has 0 aliphatic carbocycles. The van der Waals surface area contributed by atoms with Crippen molar-refractivity contribution in [1.82, 2.24) is 9.80 Å². The highest BCUT2D eigenvalue weighted by Gasteiger charge is 2.32. The second-order valence-corrected chi connectivity index (χ2v) is 8.04. The molecule has 2 saturated heterocycles. The Morgan fingerprint density at radius 2 is 1.78 bits per heavy atom. The third kappa shape index (κ3) is 4.10. The summed E-state index contributed by atoms with van der Waals surface area (Å²) in [6.07, 6.45) is 3.98. The van der Waals surface area contributed by atoms with Crippen molar-refractivity contribution in [2.75, 3.05) is 31.9 Å². The number of piperidine rings is 1. The van der Waals surface area contributed by atoms with Gasteiger partial charge in [-0.3, -0.25) is 4.79 Å². The molecule has 1 atom stereocenters. The van der Waals surface area contributed by atoms with Gasteiger partial charge in [-0.05, 0) is 43.0 Å². The van der Waals surface area contributed by atoms with Gasteiger partial charge in [-0.2, -0.15) is 0 Å². The lowest BCUT2D eigenvalue weighted by molar-refractivity contribution is -0.128. The fraction of sp³-hybridized carbons (Fsp3) is 0.632. The summed E-state index contributed by atoms with van der Waals surface area (Å²) >= 11 is 1.77. The Labute approximate surface area is 144 Å². The number of carbonyl (C=O) groups excluding carboxylic acids is 1. The number of hydrogen-bond acceptors (Lipinski definition) is 3. The standard InChI is InChI=1S/C19H28N2OS/c1-15(2)16-6-8-17(9-7-16)19-21(18(22)14-23-19)13-12-20-10-4-3-5-11-20/h6-9,15,19H,3-5,10-14H2,1-2H3/t19-/m1/s1. The first-order valence-electron chi connectivity index (χ1n) is 8.88. The first-order chi connectivity index (χ1) is 11.1. The molecule has 126 valence electrons. The zero-order valence-corrected chi connectivity index (χ0v) is 15.1. The fourth-order valence-electron chi connectivity index (χ4n) is 3.45. The van der Waals surface area contributed by atoms with Crippen molar-refractivity contribution >= 4 is 17.7 Å². The van der Waals surface area contributed by atoms with Crippen LogP contribution in [0.25, 0.3) is 0 Å². The third-order valence-electron chi connectivity index (χ3n) is 4.96. The van der Waals surface area contributed by atoms with E-state index in [9.17, 15) is 4.79 Å². The number of likely N-dealkylation sites (tertiary alicyclic amines) is 1. The van der Waals surface area contributed by atoms with Gasteiger partial charge in [0.25, 0.3) is 0 Å². The van der Waals surface area contributed by atoms with Crippen LogP contribution in [-0.4, -0.2) is 47.6 Å². The Hall–Kier alpha value is -1.00. The van der Waals surface area contributed by atoms with Crippen LogP contribution in [0, 0.1) is 0 Å². The van der Waals surface area contributed by atoms with E-state index in [0.29, 0.717) is 17.6 Å². The van der Waals surface area contributed by atoms with Gasteiger partial charge in [-0.25, -0.2) is 0 Å². The summed E-state index contributed by atoms with van der Waals surface area (Å²) in [6.45, 7) is 8.71. The second-order valence-electron chi connectivity index (χ2n) is 6.97. The molecule has 0 spiro atoms. The molecule has 4 heteroatoms. The molecule has 0 bridgehead atoms. The Balaban J connectivity index is 1.64. The molecule has 23 heavy (non-hydrogen) atoms. The number of nitrogens with zero attached hydrogens (tertiary/aromatic N) is 2. The largest absolute Gasteiger partial charge is 0.325 e. The summed E-state index contributed by atoms with van der Waals surface area (Å²) in [7, 11) is 0. The van der Waals surface area contributed by atoms with E-state index in [1.807, 2.05) is 0 Å². The van der Waals surface area contributed by atoms with E-state index in [4.69, 9.17) is 0 Å². The topological polar surface area (TPSA) is 23.6 Å². The molecule has 3 nitrogen and oxygen atoms in total. The Morgan fingerprint density at radius 1 is 1.09 bits per heavy atom. The van der Waals surface area contributed by atoms with E-state index in [-0.39, 0.29) is 5.37 Å². The molecule has 0 aromatic heterocycles. The molecule has 0 saturated carbocycles. The first kappa shape index (κ1) is 16.8. The van der Waals surface area contributed by atoms with Crippen molar-refractivity contribution in [2.24, 2.45) is 0 Å². The van der Waals surface area contributed by atoms with Gasteiger partial charge in [-0.1, -0.05) is 44.5 Å². The fourth-order valence-corrected chi connectivity index (χ4v) is 4.67. The summed E-state index contributed by atoms with van der Waals surface area (Å²) in [5, 5.41) is 0.202. The average Bonchev–Trinajstić information content (AvgIpc) is 2.95. The number of benzene rings is 1. The smallest absolute Gasteiger partial charge is 0.233 e. The van der Waals surface area contributed by atoms with Crippen LogP contribution in [0.2, 0.25) is 0 Å². The average molecular weight is 333 g/mol. The number of carbonyl (C=O) groups is 1. The van der Waals surface area contributed by atoms with Gasteiger partial charge in [0.2, 0.25) is 5.91 Å². The monoisotopic (exact) mass is 332 g/mol. The van der Waals surface area contributed by atoms with Gasteiger partial charge in [0.15, 0.2) is 0 Å². The molecule has 0 N–H and O–H groups in total. The van der Waals surface area contributed by atoms with Gasteiger partial charge < -0.3 is 9.80 Å². The van der Waals surface area contributed by atoms with Crippen molar-refractivity contribution < 1.29 is 4.79 Å². The Bertz CT molecular complexity index is 523. The van der Waals surface area contributed by atoms with Crippen molar-refractivity contribution in [2.45, 2.75) is 44.4 Å². The maximum absolute atomic E-state index is 12.3. The van der Waals surface area contributed by atoms with E-state index in [1.165, 1.54) is 43.5 Å². The van der Waals surface area contributed by atoms with Crippen molar-refractivity contribution in [3.63, 3.8) is 0 Å². The van der Waals surface area contributed by atoms with E-state index in [0.717, 1.165) is 13.1 Å². The lowest BCUT2D eigenvalue weighted by Gasteiger charge is -2.30. The summed E-state index contributed by atoms with van der Waals surface area (Å²) in [5.41, 5.74) is 2.63. The molecule has 1 aromatic carbocycles. The second kappa shape index (κ2) is 7.71. The van der Waals surface area contributed by atoms with Crippen LogP contribution in [0.5, 0.6) is 0 Å². The minimum Gasteiger partial charge on any atom is -0.325 e. The van der Waals surface area contributed by atoms with Crippen LogP contribution in [-0.2, 0) is 4.79 Å². The van der Waals surface area contributed by atoms with Gasteiger partial charge in [0.1, 0.15) is 5.37 Å². The minimum atomic E-state index is 0.202. The van der Waals surface area contributed by atoms with Gasteiger partial charge in [-0.15, -0.1) is 11.8 Å². The number of thioether (sulfide) groups is 1. The zero-order valence-electron chi connectivity index (χ0n) is 14.3. The molecule has 1 aromatic rings. The highest BCUT2D eigenvalue weighted by atomic mass is 32.2. The molecule has 2 heterocycles. The van der Waals surface area contributed by atoms with Gasteiger partial charge >= 0.3 is 0 Å². The van der Waals surface area contributed by atoms with E-state index >= 15 is 0 Å². The number of rotatable bonds is 5.